The van der Waals surface area contributed by atoms with Gasteiger partial charge in [-0.2, -0.15) is 4.98 Å². The Labute approximate surface area is 116 Å². The first-order chi connectivity index (χ1) is 9.93. The van der Waals surface area contributed by atoms with Crippen molar-refractivity contribution in [2.75, 3.05) is 18.1 Å². The molecule has 2 aromatic rings. The average molecular weight is 298 g/mol. The summed E-state index contributed by atoms with van der Waals surface area (Å²) in [6.07, 6.45) is -4.81. The van der Waals surface area contributed by atoms with Gasteiger partial charge in [0.25, 0.3) is 5.56 Å². The molecular formula is C10H14N6O5. The van der Waals surface area contributed by atoms with E-state index in [0.29, 0.717) is 0 Å². The highest BCUT2D eigenvalue weighted by atomic mass is 16.6. The van der Waals surface area contributed by atoms with Crippen LogP contribution in [0.1, 0.15) is 6.23 Å². The van der Waals surface area contributed by atoms with Crippen LogP contribution in [0.15, 0.2) is 4.79 Å². The summed E-state index contributed by atoms with van der Waals surface area (Å²) in [5.74, 6) is -0.288. The van der Waals surface area contributed by atoms with Crippen LogP contribution in [0.2, 0.25) is 0 Å². The van der Waals surface area contributed by atoms with Gasteiger partial charge < -0.3 is 31.5 Å². The molecule has 1 aliphatic rings. The molecule has 0 amide bonds. The minimum atomic E-state index is -1.37. The molecule has 1 saturated heterocycles. The second-order valence-corrected chi connectivity index (χ2v) is 4.69. The lowest BCUT2D eigenvalue weighted by Crippen LogP contribution is -2.33. The predicted molar refractivity (Wildman–Crippen MR) is 70.0 cm³/mol. The quantitative estimate of drug-likeness (QED) is 0.334. The van der Waals surface area contributed by atoms with Gasteiger partial charge in [0.05, 0.1) is 6.61 Å². The average Bonchev–Trinajstić information content (AvgIpc) is 2.89. The van der Waals surface area contributed by atoms with Gasteiger partial charge in [0, 0.05) is 0 Å². The van der Waals surface area contributed by atoms with Crippen LogP contribution in [0.25, 0.3) is 11.2 Å². The number of H-pyrrole nitrogens is 1. The Morgan fingerprint density at radius 3 is 2.62 bits per heavy atom. The summed E-state index contributed by atoms with van der Waals surface area (Å²) in [6, 6.07) is 0. The van der Waals surface area contributed by atoms with E-state index in [1.54, 1.807) is 0 Å². The number of fused-ring (bicyclic) bond motifs is 1. The number of aromatic nitrogens is 4. The van der Waals surface area contributed by atoms with Gasteiger partial charge in [-0.1, -0.05) is 0 Å². The van der Waals surface area contributed by atoms with Gasteiger partial charge in [-0.25, -0.2) is 4.98 Å². The molecule has 0 saturated carbocycles. The van der Waals surface area contributed by atoms with Crippen LogP contribution in [-0.2, 0) is 4.74 Å². The fraction of sp³-hybridized carbons (Fsp3) is 0.500. The van der Waals surface area contributed by atoms with E-state index in [0.717, 1.165) is 4.57 Å². The summed E-state index contributed by atoms with van der Waals surface area (Å²) in [6.45, 7) is -0.489. The molecule has 21 heavy (non-hydrogen) atoms. The lowest BCUT2D eigenvalue weighted by molar-refractivity contribution is -0.0500. The van der Waals surface area contributed by atoms with Crippen LogP contribution in [0.3, 0.4) is 0 Å². The number of nitrogens with zero attached hydrogens (tertiary/aromatic N) is 3. The first-order valence-corrected chi connectivity index (χ1v) is 6.09. The molecular weight excluding hydrogens is 284 g/mol. The summed E-state index contributed by atoms with van der Waals surface area (Å²) in [7, 11) is 0. The molecule has 0 spiro atoms. The van der Waals surface area contributed by atoms with Crippen molar-refractivity contribution in [3.05, 3.63) is 10.4 Å². The summed E-state index contributed by atoms with van der Waals surface area (Å²) in [5, 5.41) is 28.9. The molecule has 3 heterocycles. The SMILES string of the molecule is Nc1nc2c(nc(N)n2[C@H]2O[C@@H](CO)[C@@H](O)[C@@H]2O)c(=O)[nH]1. The lowest BCUT2D eigenvalue weighted by atomic mass is 10.1. The molecule has 2 aromatic heterocycles. The Morgan fingerprint density at radius 1 is 1.29 bits per heavy atom. The van der Waals surface area contributed by atoms with Gasteiger partial charge in [-0.3, -0.25) is 14.3 Å². The van der Waals surface area contributed by atoms with Crippen molar-refractivity contribution in [3.8, 4) is 0 Å². The number of anilines is 2. The predicted octanol–water partition coefficient (Wildman–Crippen LogP) is -3.10. The van der Waals surface area contributed by atoms with Crippen molar-refractivity contribution < 1.29 is 20.1 Å². The maximum atomic E-state index is 11.7. The van der Waals surface area contributed by atoms with E-state index in [1.165, 1.54) is 0 Å². The number of rotatable bonds is 2. The number of nitrogen functional groups attached to an aromatic ring is 2. The number of imidazole rings is 1. The van der Waals surface area contributed by atoms with Gasteiger partial charge in [0.15, 0.2) is 17.4 Å². The van der Waals surface area contributed by atoms with Gasteiger partial charge in [-0.05, 0) is 0 Å². The molecule has 0 bridgehead atoms. The van der Waals surface area contributed by atoms with E-state index in [-0.39, 0.29) is 23.1 Å². The first-order valence-electron chi connectivity index (χ1n) is 6.09. The molecule has 0 aliphatic carbocycles. The molecule has 1 fully saturated rings. The van der Waals surface area contributed by atoms with Gasteiger partial charge in [0.2, 0.25) is 11.9 Å². The third kappa shape index (κ3) is 1.94. The van der Waals surface area contributed by atoms with Crippen LogP contribution in [0, 0.1) is 0 Å². The summed E-state index contributed by atoms with van der Waals surface area (Å²) >= 11 is 0. The smallest absolute Gasteiger partial charge is 0.280 e. The molecule has 3 rings (SSSR count). The largest absolute Gasteiger partial charge is 0.394 e. The fourth-order valence-electron chi connectivity index (χ4n) is 2.36. The summed E-state index contributed by atoms with van der Waals surface area (Å²) in [4.78, 5) is 21.8. The van der Waals surface area contributed by atoms with E-state index in [4.69, 9.17) is 21.3 Å². The van der Waals surface area contributed by atoms with Crippen LogP contribution in [0.5, 0.6) is 0 Å². The zero-order chi connectivity index (χ0) is 15.3. The highest BCUT2D eigenvalue weighted by Crippen LogP contribution is 2.32. The maximum Gasteiger partial charge on any atom is 0.280 e. The van der Waals surface area contributed by atoms with E-state index in [2.05, 4.69) is 15.0 Å². The highest BCUT2D eigenvalue weighted by Gasteiger charge is 2.44. The van der Waals surface area contributed by atoms with Crippen LogP contribution in [0.4, 0.5) is 11.9 Å². The number of ether oxygens (including phenoxy) is 1. The maximum absolute atomic E-state index is 11.7. The van der Waals surface area contributed by atoms with Crippen molar-refractivity contribution in [1.82, 2.24) is 19.5 Å². The van der Waals surface area contributed by atoms with Crippen molar-refractivity contribution in [1.29, 1.82) is 0 Å². The van der Waals surface area contributed by atoms with Crippen LogP contribution >= 0.6 is 0 Å². The normalized spacial score (nSPS) is 29.3. The summed E-state index contributed by atoms with van der Waals surface area (Å²) in [5.41, 5.74) is 10.6. The van der Waals surface area contributed by atoms with E-state index < -0.39 is 36.7 Å². The second kappa shape index (κ2) is 4.66. The Kier molecular flexibility index (Phi) is 3.06. The molecule has 8 N–H and O–H groups in total. The first kappa shape index (κ1) is 13.8. The van der Waals surface area contributed by atoms with Gasteiger partial charge in [-0.15, -0.1) is 0 Å². The topological polar surface area (TPSA) is 186 Å². The Bertz CT molecular complexity index is 741. The number of aromatic amines is 1. The number of aliphatic hydroxyl groups is 3. The molecule has 0 aromatic carbocycles. The molecule has 0 unspecified atom stereocenters. The molecule has 1 aliphatic heterocycles. The van der Waals surface area contributed by atoms with Gasteiger partial charge >= 0.3 is 0 Å². The highest BCUT2D eigenvalue weighted by molar-refractivity contribution is 5.74. The third-order valence-electron chi connectivity index (χ3n) is 3.37. The minimum absolute atomic E-state index is 0.0172. The minimum Gasteiger partial charge on any atom is -0.394 e. The second-order valence-electron chi connectivity index (χ2n) is 4.69. The lowest BCUT2D eigenvalue weighted by Gasteiger charge is -2.17. The number of hydrogen-bond donors (Lipinski definition) is 6. The molecule has 4 atom stereocenters. The molecule has 0 radical (unpaired) electrons. The van der Waals surface area contributed by atoms with Crippen LogP contribution in [-0.4, -0.2) is 59.8 Å². The van der Waals surface area contributed by atoms with E-state index in [9.17, 15) is 15.0 Å². The van der Waals surface area contributed by atoms with Crippen molar-refractivity contribution in [2.45, 2.75) is 24.5 Å². The van der Waals surface area contributed by atoms with Crippen molar-refractivity contribution >= 4 is 23.1 Å². The van der Waals surface area contributed by atoms with E-state index in [1.807, 2.05) is 0 Å². The number of nitrogens with one attached hydrogen (secondary N) is 1. The molecule has 11 nitrogen and oxygen atoms in total. The Balaban J connectivity index is 2.17. The zero-order valence-electron chi connectivity index (χ0n) is 10.7. The third-order valence-corrected chi connectivity index (χ3v) is 3.37. The fourth-order valence-corrected chi connectivity index (χ4v) is 2.36. The number of nitrogens with two attached hydrogens (primary N) is 2. The van der Waals surface area contributed by atoms with Gasteiger partial charge in [0.1, 0.15) is 18.3 Å². The van der Waals surface area contributed by atoms with E-state index >= 15 is 0 Å². The molecule has 114 valence electrons. The summed E-state index contributed by atoms with van der Waals surface area (Å²) < 4.78 is 6.51. The standard InChI is InChI=1S/C10H14N6O5/c11-9-14-6-3(7(20)15-9)13-10(12)16(6)8-5(19)4(18)2(1-17)21-8/h2,4-5,8,17-19H,1H2,(H2,12,13)(H3,11,14,15,20)/t2-,4+,5-,8-/m0/s1. The van der Waals surface area contributed by atoms with Crippen molar-refractivity contribution in [3.63, 3.8) is 0 Å². The number of hydrogen-bond acceptors (Lipinski definition) is 9. The number of aliphatic hydroxyl groups excluding tert-OH is 3. The monoisotopic (exact) mass is 298 g/mol. The molecule has 11 heteroatoms. The Hall–Kier alpha value is -2.21. The van der Waals surface area contributed by atoms with Crippen molar-refractivity contribution in [2.24, 2.45) is 0 Å². The van der Waals surface area contributed by atoms with Crippen LogP contribution < -0.4 is 17.0 Å². The Morgan fingerprint density at radius 2 is 2.00 bits per heavy atom. The zero-order valence-corrected chi connectivity index (χ0v) is 10.7.